The fraction of sp³-hybridized carbons (Fsp3) is 0.988. The molecule has 3 heterocycles. The monoisotopic (exact) mass is 1430 g/mol. The van der Waals surface area contributed by atoms with Crippen LogP contribution in [0.15, 0.2) is 0 Å². The van der Waals surface area contributed by atoms with E-state index in [0.29, 0.717) is 12.8 Å². The van der Waals surface area contributed by atoms with E-state index >= 15 is 0 Å². The number of nitrogens with one attached hydrogen (secondary N) is 1. The van der Waals surface area contributed by atoms with Gasteiger partial charge in [0.1, 0.15) is 73.2 Å². The number of amides is 1. The van der Waals surface area contributed by atoms with Crippen LogP contribution in [0.2, 0.25) is 0 Å². The minimum Gasteiger partial charge on any atom is -0.394 e. The predicted molar refractivity (Wildman–Crippen MR) is 397 cm³/mol. The minimum atomic E-state index is -1.97. The molecule has 19 heteroatoms. The molecule has 19 nitrogen and oxygen atoms in total. The van der Waals surface area contributed by atoms with Crippen LogP contribution < -0.4 is 5.32 Å². The van der Waals surface area contributed by atoms with Crippen LogP contribution in [-0.2, 0) is 33.2 Å². The van der Waals surface area contributed by atoms with Gasteiger partial charge in [-0.1, -0.05) is 361 Å². The second kappa shape index (κ2) is 62.8. The van der Waals surface area contributed by atoms with Gasteiger partial charge < -0.3 is 89.9 Å². The molecule has 12 N–H and O–H groups in total. The first kappa shape index (κ1) is 93.0. The van der Waals surface area contributed by atoms with E-state index < -0.39 is 124 Å². The highest BCUT2D eigenvalue weighted by Crippen LogP contribution is 2.34. The molecule has 17 unspecified atom stereocenters. The average molecular weight is 1430 g/mol. The summed E-state index contributed by atoms with van der Waals surface area (Å²) in [6.07, 6.45) is 46.3. The van der Waals surface area contributed by atoms with Crippen LogP contribution in [0.4, 0.5) is 0 Å². The third-order valence-electron chi connectivity index (χ3n) is 21.7. The fourth-order valence-corrected chi connectivity index (χ4v) is 14.9. The summed E-state index contributed by atoms with van der Waals surface area (Å²) in [7, 11) is 0. The van der Waals surface area contributed by atoms with Crippen molar-refractivity contribution < 1.29 is 89.4 Å². The molecule has 0 bridgehead atoms. The minimum absolute atomic E-state index is 0.232. The summed E-state index contributed by atoms with van der Waals surface area (Å²) < 4.78 is 34.6. The van der Waals surface area contributed by atoms with Gasteiger partial charge in [-0.3, -0.25) is 4.79 Å². The smallest absolute Gasteiger partial charge is 0.220 e. The van der Waals surface area contributed by atoms with Crippen molar-refractivity contribution in [2.24, 2.45) is 0 Å². The molecular weight excluding hydrogens is 1270 g/mol. The van der Waals surface area contributed by atoms with Crippen molar-refractivity contribution in [1.29, 1.82) is 0 Å². The lowest BCUT2D eigenvalue weighted by atomic mass is 9.96. The van der Waals surface area contributed by atoms with E-state index in [1.807, 2.05) is 0 Å². The molecule has 100 heavy (non-hydrogen) atoms. The van der Waals surface area contributed by atoms with E-state index in [-0.39, 0.29) is 18.9 Å². The largest absolute Gasteiger partial charge is 0.394 e. The number of hydrogen-bond donors (Lipinski definition) is 12. The Hall–Kier alpha value is -1.21. The maximum atomic E-state index is 13.5. The highest BCUT2D eigenvalue weighted by Gasteiger charge is 2.54. The molecule has 0 aliphatic carbocycles. The van der Waals surface area contributed by atoms with E-state index in [1.165, 1.54) is 302 Å². The van der Waals surface area contributed by atoms with Gasteiger partial charge in [0.2, 0.25) is 5.91 Å². The second-order valence-corrected chi connectivity index (χ2v) is 30.7. The van der Waals surface area contributed by atoms with Crippen molar-refractivity contribution >= 4 is 5.91 Å². The Balaban J connectivity index is 1.34. The van der Waals surface area contributed by atoms with E-state index in [9.17, 15) is 61.0 Å². The molecule has 0 aromatic heterocycles. The van der Waals surface area contributed by atoms with Gasteiger partial charge in [0, 0.05) is 6.42 Å². The Morgan fingerprint density at radius 2 is 0.570 bits per heavy atom. The summed E-state index contributed by atoms with van der Waals surface area (Å²) >= 11 is 0. The maximum Gasteiger partial charge on any atom is 0.220 e. The number of aliphatic hydroxyl groups excluding tert-OH is 11. The first-order chi connectivity index (χ1) is 48.8. The van der Waals surface area contributed by atoms with Crippen molar-refractivity contribution in [2.45, 2.75) is 484 Å². The highest BCUT2D eigenvalue weighted by atomic mass is 16.8. The summed E-state index contributed by atoms with van der Waals surface area (Å²) in [5.74, 6) is -0.232. The quantitative estimate of drug-likeness (QED) is 0.0252. The summed E-state index contributed by atoms with van der Waals surface area (Å²) in [5, 5.41) is 121. The van der Waals surface area contributed by atoms with Gasteiger partial charge in [-0.15, -0.1) is 0 Å². The molecule has 0 saturated carbocycles. The SMILES string of the molecule is CCCCCCCCCCCCCCCCCCCCCCCCCCCCCCCCC(=O)NC(COC1OC(CO)C(OC2OC(CO)C(OC3OC(CO)C(O)C(O)C3O)C(O)C2O)C(O)C1O)C(O)CCCCCCCCCCCCCCCCCCCCCCCCCCC. The molecule has 0 aromatic rings. The number of hydrogen-bond acceptors (Lipinski definition) is 18. The molecule has 594 valence electrons. The van der Waals surface area contributed by atoms with E-state index in [2.05, 4.69) is 19.2 Å². The lowest BCUT2D eigenvalue weighted by Gasteiger charge is -2.48. The Morgan fingerprint density at radius 1 is 0.320 bits per heavy atom. The summed E-state index contributed by atoms with van der Waals surface area (Å²) in [6, 6.07) is -0.884. The number of carbonyl (C=O) groups is 1. The van der Waals surface area contributed by atoms with Crippen molar-refractivity contribution in [2.75, 3.05) is 26.4 Å². The Kier molecular flexibility index (Phi) is 58.4. The molecule has 0 radical (unpaired) electrons. The fourth-order valence-electron chi connectivity index (χ4n) is 14.9. The molecular formula is C81H157NO18. The number of carbonyl (C=O) groups excluding carboxylic acids is 1. The summed E-state index contributed by atoms with van der Waals surface area (Å²) in [4.78, 5) is 13.5. The Labute approximate surface area is 608 Å². The van der Waals surface area contributed by atoms with Crippen LogP contribution in [0.5, 0.6) is 0 Å². The lowest BCUT2D eigenvalue weighted by Crippen LogP contribution is -2.66. The van der Waals surface area contributed by atoms with Gasteiger partial charge in [-0.25, -0.2) is 0 Å². The molecule has 1 amide bonds. The molecule has 17 atom stereocenters. The van der Waals surface area contributed by atoms with Crippen molar-refractivity contribution in [3.63, 3.8) is 0 Å². The van der Waals surface area contributed by atoms with Crippen LogP contribution >= 0.6 is 0 Å². The van der Waals surface area contributed by atoms with Gasteiger partial charge in [-0.2, -0.15) is 0 Å². The number of unbranched alkanes of at least 4 members (excludes halogenated alkanes) is 53. The number of ether oxygens (including phenoxy) is 6. The van der Waals surface area contributed by atoms with Crippen LogP contribution in [-0.4, -0.2) is 193 Å². The Bertz CT molecular complexity index is 1810. The molecule has 0 spiro atoms. The third-order valence-corrected chi connectivity index (χ3v) is 21.7. The summed E-state index contributed by atoms with van der Waals surface area (Å²) in [5.41, 5.74) is 0. The zero-order valence-corrected chi connectivity index (χ0v) is 63.7. The average Bonchev–Trinajstić information content (AvgIpc) is 0.783. The van der Waals surface area contributed by atoms with Crippen LogP contribution in [0, 0.1) is 0 Å². The third kappa shape index (κ3) is 42.4. The molecule has 3 aliphatic heterocycles. The second-order valence-electron chi connectivity index (χ2n) is 30.7. The topological polar surface area (TPSA) is 307 Å². The van der Waals surface area contributed by atoms with Gasteiger partial charge in [-0.05, 0) is 12.8 Å². The molecule has 3 aliphatic rings. The van der Waals surface area contributed by atoms with Crippen molar-refractivity contribution in [1.82, 2.24) is 5.32 Å². The lowest BCUT2D eigenvalue weighted by molar-refractivity contribution is -0.379. The van der Waals surface area contributed by atoms with Crippen molar-refractivity contribution in [3.05, 3.63) is 0 Å². The number of rotatable bonds is 69. The zero-order valence-electron chi connectivity index (χ0n) is 63.7. The molecule has 3 saturated heterocycles. The molecule has 3 fully saturated rings. The van der Waals surface area contributed by atoms with Crippen LogP contribution in [0.1, 0.15) is 380 Å². The van der Waals surface area contributed by atoms with Gasteiger partial charge in [0.05, 0.1) is 38.6 Å². The van der Waals surface area contributed by atoms with Gasteiger partial charge in [0.25, 0.3) is 0 Å². The van der Waals surface area contributed by atoms with E-state index in [0.717, 1.165) is 44.9 Å². The normalized spacial score (nSPS) is 26.4. The van der Waals surface area contributed by atoms with Crippen LogP contribution in [0.3, 0.4) is 0 Å². The highest BCUT2D eigenvalue weighted by molar-refractivity contribution is 5.76. The maximum absolute atomic E-state index is 13.5. The standard InChI is InChI=1S/C81H157NO18/c1-3-5-7-9-11-13-15-17-19-21-23-25-27-29-30-31-32-33-35-37-39-41-43-45-47-49-51-53-55-57-59-69(87)82-64(65(86)58-56-54-52-50-48-46-44-42-40-38-36-34-28-26-24-22-20-18-16-14-12-10-8-6-4-2)63-95-79-75(93)72(90)77(67(61-84)97-79)100-81-76(94)73(91)78(68(62-85)98-81)99-80-74(92)71(89)70(88)66(60-83)96-80/h64-68,70-81,83-86,88-94H,3-63H2,1-2H3,(H,82,87). The number of aliphatic hydroxyl groups is 11. The predicted octanol–water partition coefficient (Wildman–Crippen LogP) is 14.6. The first-order valence-electron chi connectivity index (χ1n) is 42.3. The van der Waals surface area contributed by atoms with E-state index in [4.69, 9.17) is 28.4 Å². The van der Waals surface area contributed by atoms with E-state index in [1.54, 1.807) is 0 Å². The molecule has 3 rings (SSSR count). The molecule has 0 aromatic carbocycles. The van der Waals surface area contributed by atoms with Crippen LogP contribution in [0.25, 0.3) is 0 Å². The first-order valence-corrected chi connectivity index (χ1v) is 42.3. The summed E-state index contributed by atoms with van der Waals surface area (Å²) in [6.45, 7) is 1.88. The van der Waals surface area contributed by atoms with Gasteiger partial charge in [0.15, 0.2) is 18.9 Å². The van der Waals surface area contributed by atoms with Gasteiger partial charge >= 0.3 is 0 Å². The van der Waals surface area contributed by atoms with Crippen molar-refractivity contribution in [3.8, 4) is 0 Å². The Morgan fingerprint density at radius 3 is 0.870 bits per heavy atom. The zero-order chi connectivity index (χ0) is 72.5.